The van der Waals surface area contributed by atoms with Crippen LogP contribution in [0.4, 0.5) is 4.39 Å². The summed E-state index contributed by atoms with van der Waals surface area (Å²) in [6.45, 7) is 2.78. The lowest BCUT2D eigenvalue weighted by atomic mass is 10.1. The quantitative estimate of drug-likeness (QED) is 0.815. The third-order valence-electron chi connectivity index (χ3n) is 2.44. The van der Waals surface area contributed by atoms with Gasteiger partial charge in [0.1, 0.15) is 5.82 Å². The minimum absolute atomic E-state index is 0.0791. The van der Waals surface area contributed by atoms with Crippen molar-refractivity contribution < 1.29 is 17.9 Å². The van der Waals surface area contributed by atoms with E-state index in [0.717, 1.165) is 6.07 Å². The van der Waals surface area contributed by atoms with Crippen LogP contribution in [-0.2, 0) is 9.84 Å². The van der Waals surface area contributed by atoms with E-state index in [1.807, 2.05) is 0 Å². The Kier molecular flexibility index (Phi) is 2.22. The summed E-state index contributed by atoms with van der Waals surface area (Å²) in [5.74, 6) is -0.604. The molecule has 0 spiro atoms. The Morgan fingerprint density at radius 2 is 1.94 bits per heavy atom. The minimum Gasteiger partial charge on any atom is -0.385 e. The zero-order valence-electron chi connectivity index (χ0n) is 8.86. The van der Waals surface area contributed by atoms with Gasteiger partial charge in [0.15, 0.2) is 0 Å². The van der Waals surface area contributed by atoms with Gasteiger partial charge in [0.05, 0.1) is 15.4 Å². The maximum absolute atomic E-state index is 13.0. The summed E-state index contributed by atoms with van der Waals surface area (Å²) < 4.78 is 37.0. The summed E-state index contributed by atoms with van der Waals surface area (Å²) in [5.41, 5.74) is -1.05. The number of benzene rings is 1. The van der Waals surface area contributed by atoms with Crippen molar-refractivity contribution in [3.05, 3.63) is 34.5 Å². The molecule has 0 atom stereocenters. The highest BCUT2D eigenvalue weighted by atomic mass is 32.2. The Hall–Kier alpha value is -1.20. The van der Waals surface area contributed by atoms with E-state index < -0.39 is 21.3 Å². The second-order valence-electron chi connectivity index (χ2n) is 4.25. The average molecular weight is 242 g/mol. The topological polar surface area (TPSA) is 54.4 Å². The van der Waals surface area contributed by atoms with Crippen molar-refractivity contribution in [1.29, 1.82) is 0 Å². The molecular formula is C11H11FO3S. The van der Waals surface area contributed by atoms with Crippen LogP contribution in [0.25, 0.3) is 6.08 Å². The minimum atomic E-state index is -3.76. The van der Waals surface area contributed by atoms with Gasteiger partial charge in [-0.25, -0.2) is 12.8 Å². The lowest BCUT2D eigenvalue weighted by molar-refractivity contribution is 0.129. The fourth-order valence-corrected chi connectivity index (χ4v) is 3.58. The molecule has 0 bridgehead atoms. The van der Waals surface area contributed by atoms with Crippen molar-refractivity contribution in [2.45, 2.75) is 24.3 Å². The molecule has 1 aromatic carbocycles. The molecule has 0 aromatic heterocycles. The third kappa shape index (κ3) is 1.56. The summed E-state index contributed by atoms with van der Waals surface area (Å²) >= 11 is 0. The fraction of sp³-hybridized carbons (Fsp3) is 0.273. The highest BCUT2D eigenvalue weighted by Crippen LogP contribution is 2.38. The van der Waals surface area contributed by atoms with E-state index in [-0.39, 0.29) is 9.80 Å². The molecule has 0 aliphatic carbocycles. The molecule has 1 aliphatic heterocycles. The molecule has 0 saturated heterocycles. The van der Waals surface area contributed by atoms with E-state index in [2.05, 4.69) is 0 Å². The molecule has 5 heteroatoms. The molecule has 0 amide bonds. The van der Waals surface area contributed by atoms with Gasteiger partial charge in [0, 0.05) is 0 Å². The van der Waals surface area contributed by atoms with Gasteiger partial charge in [-0.1, -0.05) is 6.07 Å². The van der Waals surface area contributed by atoms with Crippen LogP contribution in [0.15, 0.2) is 28.0 Å². The molecule has 86 valence electrons. The molecular weight excluding hydrogens is 231 g/mol. The molecule has 0 fully saturated rings. The third-order valence-corrected chi connectivity index (χ3v) is 4.57. The number of rotatable bonds is 1. The fourth-order valence-electron chi connectivity index (χ4n) is 1.70. The SMILES string of the molecule is CC(C)(O)C1=Cc2ccc(F)cc2S1(=O)=O. The molecule has 3 nitrogen and oxygen atoms in total. The highest BCUT2D eigenvalue weighted by Gasteiger charge is 2.38. The van der Waals surface area contributed by atoms with E-state index in [4.69, 9.17) is 0 Å². The lowest BCUT2D eigenvalue weighted by Crippen LogP contribution is -2.25. The average Bonchev–Trinajstić information content (AvgIpc) is 2.38. The Morgan fingerprint density at radius 3 is 2.50 bits per heavy atom. The Labute approximate surface area is 93.1 Å². The molecule has 1 heterocycles. The van der Waals surface area contributed by atoms with Gasteiger partial charge in [0.2, 0.25) is 9.84 Å². The summed E-state index contributed by atoms with van der Waals surface area (Å²) in [4.78, 5) is -0.176. The first-order chi connectivity index (χ1) is 7.23. The summed E-state index contributed by atoms with van der Waals surface area (Å²) in [5, 5.41) is 9.75. The number of hydrogen-bond donors (Lipinski definition) is 1. The predicted octanol–water partition coefficient (Wildman–Crippen LogP) is 1.72. The molecule has 0 saturated carbocycles. The van der Waals surface area contributed by atoms with Crippen LogP contribution >= 0.6 is 0 Å². The van der Waals surface area contributed by atoms with E-state index in [9.17, 15) is 17.9 Å². The van der Waals surface area contributed by atoms with Crippen molar-refractivity contribution in [3.63, 3.8) is 0 Å². The van der Waals surface area contributed by atoms with Gasteiger partial charge >= 0.3 is 0 Å². The van der Waals surface area contributed by atoms with Gasteiger partial charge in [-0.2, -0.15) is 0 Å². The molecule has 1 N–H and O–H groups in total. The van der Waals surface area contributed by atoms with Crippen molar-refractivity contribution >= 4 is 15.9 Å². The Bertz CT molecular complexity index is 580. The van der Waals surface area contributed by atoms with Crippen LogP contribution < -0.4 is 0 Å². The number of aliphatic hydroxyl groups is 1. The normalized spacial score (nSPS) is 18.1. The lowest BCUT2D eigenvalue weighted by Gasteiger charge is -2.18. The smallest absolute Gasteiger partial charge is 0.206 e. The van der Waals surface area contributed by atoms with Crippen molar-refractivity contribution in [3.8, 4) is 0 Å². The molecule has 2 rings (SSSR count). The summed E-state index contributed by atoms with van der Waals surface area (Å²) in [6, 6.07) is 3.55. The number of hydrogen-bond acceptors (Lipinski definition) is 3. The Morgan fingerprint density at radius 1 is 1.31 bits per heavy atom. The van der Waals surface area contributed by atoms with Crippen molar-refractivity contribution in [2.24, 2.45) is 0 Å². The van der Waals surface area contributed by atoms with E-state index in [0.29, 0.717) is 5.56 Å². The first-order valence-corrected chi connectivity index (χ1v) is 6.20. The summed E-state index contributed by atoms with van der Waals surface area (Å²) in [7, 11) is -3.76. The molecule has 0 unspecified atom stereocenters. The summed E-state index contributed by atoms with van der Waals surface area (Å²) in [6.07, 6.45) is 1.38. The van der Waals surface area contributed by atoms with Crippen LogP contribution in [0.5, 0.6) is 0 Å². The monoisotopic (exact) mass is 242 g/mol. The maximum atomic E-state index is 13.0. The first kappa shape index (κ1) is 11.3. The van der Waals surface area contributed by atoms with Crippen molar-refractivity contribution in [2.75, 3.05) is 0 Å². The van der Waals surface area contributed by atoms with Crippen LogP contribution in [0.3, 0.4) is 0 Å². The van der Waals surface area contributed by atoms with Gasteiger partial charge in [0.25, 0.3) is 0 Å². The molecule has 1 aromatic rings. The van der Waals surface area contributed by atoms with E-state index in [1.165, 1.54) is 32.1 Å². The van der Waals surface area contributed by atoms with Gasteiger partial charge in [-0.3, -0.25) is 0 Å². The van der Waals surface area contributed by atoms with E-state index >= 15 is 0 Å². The van der Waals surface area contributed by atoms with Crippen molar-refractivity contribution in [1.82, 2.24) is 0 Å². The van der Waals surface area contributed by atoms with Crippen LogP contribution in [0.1, 0.15) is 19.4 Å². The van der Waals surface area contributed by atoms with Gasteiger partial charge < -0.3 is 5.11 Å². The second-order valence-corrected chi connectivity index (χ2v) is 6.14. The van der Waals surface area contributed by atoms with Gasteiger partial charge in [-0.05, 0) is 37.6 Å². The zero-order chi connectivity index (χ0) is 12.1. The molecule has 16 heavy (non-hydrogen) atoms. The largest absolute Gasteiger partial charge is 0.385 e. The van der Waals surface area contributed by atoms with Crippen LogP contribution in [0, 0.1) is 5.82 Å². The van der Waals surface area contributed by atoms with Crippen LogP contribution in [0.2, 0.25) is 0 Å². The number of fused-ring (bicyclic) bond motifs is 1. The van der Waals surface area contributed by atoms with Gasteiger partial charge in [-0.15, -0.1) is 0 Å². The molecule has 0 radical (unpaired) electrons. The second kappa shape index (κ2) is 3.15. The Balaban J connectivity index is 2.70. The van der Waals surface area contributed by atoms with E-state index in [1.54, 1.807) is 0 Å². The highest BCUT2D eigenvalue weighted by molar-refractivity contribution is 7.96. The standard InChI is InChI=1S/C11H11FO3S/c1-11(2,13)10-5-7-3-4-8(12)6-9(7)16(10,14)15/h3-6,13H,1-2H3. The maximum Gasteiger partial charge on any atom is 0.206 e. The molecule has 1 aliphatic rings. The first-order valence-electron chi connectivity index (χ1n) is 4.72. The number of halogens is 1. The predicted molar refractivity (Wildman–Crippen MR) is 57.9 cm³/mol. The zero-order valence-corrected chi connectivity index (χ0v) is 9.68. The number of sulfone groups is 1. The van der Waals surface area contributed by atoms with Crippen LogP contribution in [-0.4, -0.2) is 19.1 Å².